The summed E-state index contributed by atoms with van der Waals surface area (Å²) in [5, 5.41) is 25.9. The molecule has 1 atom stereocenters. The van der Waals surface area contributed by atoms with Crippen molar-refractivity contribution in [2.45, 2.75) is 39.7 Å². The Balaban J connectivity index is 2.01. The average Bonchev–Trinajstić information content (AvgIpc) is 2.92. The second kappa shape index (κ2) is 11.9. The molecule has 0 saturated carbocycles. The van der Waals surface area contributed by atoms with E-state index in [-0.39, 0.29) is 23.1 Å². The standard InChI is InChI=1S/C29H27BrN4O7/c1-15(2)21-13-22(16(3)10-25(21)40-5)27-32-23-9-7-6-8-20(23)28(35)33(27)31-14-18-11-19(30)12-24(34(38)39)26(18)41-17(4)29(36)37/h6-15,17H,1-5H3,(H,36,37)/t17-/m1/s1. The first-order valence-corrected chi connectivity index (χ1v) is 13.3. The Labute approximate surface area is 243 Å². The normalized spacial score (nSPS) is 12.2. The van der Waals surface area contributed by atoms with Crippen molar-refractivity contribution in [1.29, 1.82) is 0 Å². The highest BCUT2D eigenvalue weighted by Crippen LogP contribution is 2.36. The number of nitrogens with zero attached hydrogens (tertiary/aromatic N) is 4. The van der Waals surface area contributed by atoms with E-state index < -0.39 is 28.2 Å². The maximum absolute atomic E-state index is 13.7. The van der Waals surface area contributed by atoms with Crippen LogP contribution in [0.4, 0.5) is 5.69 Å². The lowest BCUT2D eigenvalue weighted by molar-refractivity contribution is -0.386. The van der Waals surface area contributed by atoms with E-state index in [0.717, 1.165) is 15.8 Å². The molecule has 0 spiro atoms. The van der Waals surface area contributed by atoms with Crippen molar-refractivity contribution in [1.82, 2.24) is 9.66 Å². The Kier molecular flexibility index (Phi) is 8.52. The van der Waals surface area contributed by atoms with Crippen LogP contribution in [-0.2, 0) is 4.79 Å². The topological polar surface area (TPSA) is 146 Å². The van der Waals surface area contributed by atoms with Crippen LogP contribution in [-0.4, -0.2) is 45.1 Å². The van der Waals surface area contributed by atoms with Gasteiger partial charge in [0.15, 0.2) is 11.9 Å². The lowest BCUT2D eigenvalue weighted by atomic mass is 9.96. The monoisotopic (exact) mass is 622 g/mol. The molecule has 0 fully saturated rings. The van der Waals surface area contributed by atoms with Crippen LogP contribution in [0.15, 0.2) is 62.9 Å². The van der Waals surface area contributed by atoms with Crippen molar-refractivity contribution in [2.24, 2.45) is 5.10 Å². The number of hydrogen-bond acceptors (Lipinski definition) is 8. The summed E-state index contributed by atoms with van der Waals surface area (Å²) >= 11 is 3.25. The molecule has 4 aromatic rings. The van der Waals surface area contributed by atoms with Crippen molar-refractivity contribution in [3.8, 4) is 22.9 Å². The molecule has 0 amide bonds. The first-order valence-electron chi connectivity index (χ1n) is 12.5. The Bertz CT molecular complexity index is 1760. The highest BCUT2D eigenvalue weighted by atomic mass is 79.9. The third-order valence-electron chi connectivity index (χ3n) is 6.41. The maximum Gasteiger partial charge on any atom is 0.344 e. The van der Waals surface area contributed by atoms with Gasteiger partial charge in [0.1, 0.15) is 5.75 Å². The number of nitro benzene ring substituents is 1. The fourth-order valence-corrected chi connectivity index (χ4v) is 4.74. The zero-order chi connectivity index (χ0) is 30.0. The van der Waals surface area contributed by atoms with E-state index in [1.54, 1.807) is 31.4 Å². The lowest BCUT2D eigenvalue weighted by Gasteiger charge is -2.17. The van der Waals surface area contributed by atoms with Crippen LogP contribution in [0.1, 0.15) is 43.4 Å². The molecule has 1 N–H and O–H groups in total. The van der Waals surface area contributed by atoms with E-state index in [1.165, 1.54) is 25.3 Å². The number of carboxylic acids is 1. The molecular formula is C29H27BrN4O7. The van der Waals surface area contributed by atoms with Crippen LogP contribution in [0.5, 0.6) is 11.5 Å². The van der Waals surface area contributed by atoms with E-state index in [4.69, 9.17) is 14.5 Å². The summed E-state index contributed by atoms with van der Waals surface area (Å²) in [5.41, 5.74) is 1.96. The van der Waals surface area contributed by atoms with Crippen molar-refractivity contribution < 1.29 is 24.3 Å². The molecule has 41 heavy (non-hydrogen) atoms. The predicted octanol–water partition coefficient (Wildman–Crippen LogP) is 5.91. The number of aromatic nitrogens is 2. The molecule has 212 valence electrons. The summed E-state index contributed by atoms with van der Waals surface area (Å²) < 4.78 is 12.5. The number of carboxylic acid groups (broad SMARTS) is 1. The smallest absolute Gasteiger partial charge is 0.344 e. The van der Waals surface area contributed by atoms with Gasteiger partial charge >= 0.3 is 11.7 Å². The number of methoxy groups -OCH3 is 1. The Morgan fingerprint density at radius 2 is 1.90 bits per heavy atom. The largest absolute Gasteiger partial charge is 0.496 e. The molecule has 0 aliphatic rings. The molecule has 0 radical (unpaired) electrons. The molecule has 1 heterocycles. The minimum absolute atomic E-state index is 0.0829. The minimum Gasteiger partial charge on any atom is -0.496 e. The molecule has 0 aliphatic carbocycles. The van der Waals surface area contributed by atoms with E-state index in [9.17, 15) is 24.8 Å². The van der Waals surface area contributed by atoms with Crippen LogP contribution in [0.25, 0.3) is 22.3 Å². The second-order valence-corrected chi connectivity index (χ2v) is 10.5. The number of ether oxygens (including phenoxy) is 2. The second-order valence-electron chi connectivity index (χ2n) is 9.58. The molecule has 0 saturated heterocycles. The van der Waals surface area contributed by atoms with Crippen LogP contribution in [0.2, 0.25) is 0 Å². The quantitative estimate of drug-likeness (QED) is 0.138. The van der Waals surface area contributed by atoms with Gasteiger partial charge in [0.05, 0.1) is 29.2 Å². The minimum atomic E-state index is -1.39. The molecule has 0 bridgehead atoms. The van der Waals surface area contributed by atoms with E-state index in [2.05, 4.69) is 21.0 Å². The summed E-state index contributed by atoms with van der Waals surface area (Å²) in [4.78, 5) is 41.1. The fraction of sp³-hybridized carbons (Fsp3) is 0.241. The van der Waals surface area contributed by atoms with Gasteiger partial charge in [-0.1, -0.05) is 41.9 Å². The summed E-state index contributed by atoms with van der Waals surface area (Å²) in [6.45, 7) is 7.17. The third kappa shape index (κ3) is 5.97. The summed E-state index contributed by atoms with van der Waals surface area (Å²) in [6.07, 6.45) is -0.176. The Morgan fingerprint density at radius 1 is 1.20 bits per heavy atom. The van der Waals surface area contributed by atoms with Crippen molar-refractivity contribution in [3.05, 3.63) is 90.2 Å². The van der Waals surface area contributed by atoms with Crippen molar-refractivity contribution in [2.75, 3.05) is 7.11 Å². The van der Waals surface area contributed by atoms with Crippen LogP contribution in [0, 0.1) is 17.0 Å². The SMILES string of the molecule is COc1cc(C)c(-c2nc3ccccc3c(=O)n2N=Cc2cc(Br)cc([N+](=O)[O-])c2O[C@H](C)C(=O)O)cc1C(C)C. The number of benzene rings is 3. The number of aryl methyl sites for hydroxylation is 1. The van der Waals surface area contributed by atoms with Crippen LogP contribution < -0.4 is 15.0 Å². The Hall–Kier alpha value is -4.58. The van der Waals surface area contributed by atoms with Gasteiger partial charge in [0, 0.05) is 21.7 Å². The van der Waals surface area contributed by atoms with Gasteiger partial charge in [-0.3, -0.25) is 14.9 Å². The molecule has 11 nitrogen and oxygen atoms in total. The number of fused-ring (bicyclic) bond motifs is 1. The highest BCUT2D eigenvalue weighted by molar-refractivity contribution is 9.10. The highest BCUT2D eigenvalue weighted by Gasteiger charge is 2.25. The zero-order valence-electron chi connectivity index (χ0n) is 22.9. The van der Waals surface area contributed by atoms with Crippen molar-refractivity contribution in [3.63, 3.8) is 0 Å². The third-order valence-corrected chi connectivity index (χ3v) is 6.87. The number of hydrogen-bond donors (Lipinski definition) is 1. The van der Waals surface area contributed by atoms with Gasteiger partial charge in [0.2, 0.25) is 5.75 Å². The average molecular weight is 623 g/mol. The first kappa shape index (κ1) is 29.4. The molecule has 0 unspecified atom stereocenters. The summed E-state index contributed by atoms with van der Waals surface area (Å²) in [5.74, 6) is -0.555. The number of rotatable bonds is 9. The van der Waals surface area contributed by atoms with Crippen LogP contribution >= 0.6 is 15.9 Å². The summed E-state index contributed by atoms with van der Waals surface area (Å²) in [7, 11) is 1.59. The molecule has 4 rings (SSSR count). The molecule has 0 aliphatic heterocycles. The van der Waals surface area contributed by atoms with Gasteiger partial charge in [-0.2, -0.15) is 9.78 Å². The van der Waals surface area contributed by atoms with E-state index >= 15 is 0 Å². The zero-order valence-corrected chi connectivity index (χ0v) is 24.5. The summed E-state index contributed by atoms with van der Waals surface area (Å²) in [6, 6.07) is 13.3. The first-order chi connectivity index (χ1) is 19.4. The number of carbonyl (C=O) groups is 1. The van der Waals surface area contributed by atoms with Gasteiger partial charge in [-0.05, 0) is 61.2 Å². The fourth-order valence-electron chi connectivity index (χ4n) is 4.28. The van der Waals surface area contributed by atoms with Crippen molar-refractivity contribution >= 4 is 44.7 Å². The molecule has 3 aromatic carbocycles. The molecular weight excluding hydrogens is 596 g/mol. The van der Waals surface area contributed by atoms with E-state index in [1.807, 2.05) is 32.9 Å². The van der Waals surface area contributed by atoms with Gasteiger partial charge < -0.3 is 14.6 Å². The molecule has 1 aromatic heterocycles. The number of nitro groups is 1. The lowest BCUT2D eigenvalue weighted by Crippen LogP contribution is -2.24. The number of aliphatic carboxylic acids is 1. The maximum atomic E-state index is 13.7. The van der Waals surface area contributed by atoms with Gasteiger partial charge in [-0.15, -0.1) is 0 Å². The Morgan fingerprint density at radius 3 is 2.54 bits per heavy atom. The van der Waals surface area contributed by atoms with Crippen LogP contribution in [0.3, 0.4) is 0 Å². The molecule has 12 heteroatoms. The van der Waals surface area contributed by atoms with Gasteiger partial charge in [0.25, 0.3) is 5.56 Å². The predicted molar refractivity (Wildman–Crippen MR) is 158 cm³/mol. The number of halogens is 1. The number of para-hydroxylation sites is 1. The van der Waals surface area contributed by atoms with E-state index in [0.29, 0.717) is 26.7 Å². The van der Waals surface area contributed by atoms with Gasteiger partial charge in [-0.25, -0.2) is 9.78 Å².